The van der Waals surface area contributed by atoms with Crippen LogP contribution in [0.4, 0.5) is 0 Å². The van der Waals surface area contributed by atoms with Crippen LogP contribution in [0.2, 0.25) is 5.02 Å². The van der Waals surface area contributed by atoms with E-state index in [1.165, 1.54) is 7.11 Å². The molecular weight excluding hydrogens is 344 g/mol. The second-order valence-electron chi connectivity index (χ2n) is 4.00. The maximum absolute atomic E-state index is 11.9. The number of rotatable bonds is 3. The summed E-state index contributed by atoms with van der Waals surface area (Å²) < 4.78 is 10.7. The molecule has 2 rings (SSSR count). The highest BCUT2D eigenvalue weighted by Crippen LogP contribution is 2.38. The van der Waals surface area contributed by atoms with Crippen molar-refractivity contribution in [1.82, 2.24) is 0 Å². The standard InChI is InChI=1S/C15H12BrClO3/c1-19-9-6-7-10(12(16)8-9)14-11(15(18)20-2)4-3-5-13(14)17/h3-8H,1-2H3. The Hall–Kier alpha value is -1.52. The molecule has 3 nitrogen and oxygen atoms in total. The number of esters is 1. The van der Waals surface area contributed by atoms with Crippen molar-refractivity contribution in [2.75, 3.05) is 14.2 Å². The molecule has 0 amide bonds. The molecule has 2 aromatic carbocycles. The molecule has 0 heterocycles. The van der Waals surface area contributed by atoms with Crippen molar-refractivity contribution in [2.45, 2.75) is 0 Å². The minimum atomic E-state index is -0.426. The first-order valence-corrected chi connectivity index (χ1v) is 6.96. The van der Waals surface area contributed by atoms with Crippen molar-refractivity contribution in [3.05, 3.63) is 51.5 Å². The molecule has 0 saturated carbocycles. The van der Waals surface area contributed by atoms with E-state index >= 15 is 0 Å². The molecule has 0 saturated heterocycles. The van der Waals surface area contributed by atoms with E-state index < -0.39 is 5.97 Å². The lowest BCUT2D eigenvalue weighted by atomic mass is 9.99. The van der Waals surface area contributed by atoms with Gasteiger partial charge in [0.15, 0.2) is 0 Å². The van der Waals surface area contributed by atoms with Gasteiger partial charge in [0, 0.05) is 15.1 Å². The summed E-state index contributed by atoms with van der Waals surface area (Å²) in [4.78, 5) is 11.9. The Kier molecular flexibility index (Phi) is 4.68. The third kappa shape index (κ3) is 2.81. The molecule has 5 heteroatoms. The zero-order valence-corrected chi connectivity index (χ0v) is 13.3. The molecule has 0 N–H and O–H groups in total. The molecule has 0 aliphatic heterocycles. The van der Waals surface area contributed by atoms with E-state index in [2.05, 4.69) is 15.9 Å². The van der Waals surface area contributed by atoms with E-state index in [0.717, 1.165) is 10.0 Å². The second-order valence-corrected chi connectivity index (χ2v) is 5.26. The van der Waals surface area contributed by atoms with Crippen LogP contribution < -0.4 is 4.74 Å². The lowest BCUT2D eigenvalue weighted by Crippen LogP contribution is -2.04. The molecule has 20 heavy (non-hydrogen) atoms. The molecule has 0 aliphatic carbocycles. The van der Waals surface area contributed by atoms with Crippen molar-refractivity contribution in [3.8, 4) is 16.9 Å². The predicted octanol–water partition coefficient (Wildman–Crippen LogP) is 4.56. The highest BCUT2D eigenvalue weighted by Gasteiger charge is 2.18. The second kappa shape index (κ2) is 6.29. The Morgan fingerprint density at radius 1 is 1.20 bits per heavy atom. The normalized spacial score (nSPS) is 10.2. The van der Waals surface area contributed by atoms with Gasteiger partial charge in [0.2, 0.25) is 0 Å². The number of carbonyl (C=O) groups is 1. The van der Waals surface area contributed by atoms with Crippen LogP contribution in [0.5, 0.6) is 5.75 Å². The highest BCUT2D eigenvalue weighted by atomic mass is 79.9. The van der Waals surface area contributed by atoms with E-state index in [0.29, 0.717) is 21.9 Å². The Morgan fingerprint density at radius 2 is 1.95 bits per heavy atom. The van der Waals surface area contributed by atoms with Gasteiger partial charge < -0.3 is 9.47 Å². The number of hydrogen-bond acceptors (Lipinski definition) is 3. The molecule has 0 unspecified atom stereocenters. The van der Waals surface area contributed by atoms with Crippen LogP contribution >= 0.6 is 27.5 Å². The van der Waals surface area contributed by atoms with Gasteiger partial charge >= 0.3 is 5.97 Å². The van der Waals surface area contributed by atoms with Gasteiger partial charge in [-0.2, -0.15) is 0 Å². The minimum Gasteiger partial charge on any atom is -0.497 e. The third-order valence-electron chi connectivity index (χ3n) is 2.86. The molecule has 0 spiro atoms. The zero-order chi connectivity index (χ0) is 14.7. The Morgan fingerprint density at radius 3 is 2.55 bits per heavy atom. The summed E-state index contributed by atoms with van der Waals surface area (Å²) in [5, 5.41) is 0.485. The summed E-state index contributed by atoms with van der Waals surface area (Å²) in [5.41, 5.74) is 1.86. The van der Waals surface area contributed by atoms with Crippen molar-refractivity contribution in [1.29, 1.82) is 0 Å². The number of ether oxygens (including phenoxy) is 2. The van der Waals surface area contributed by atoms with E-state index in [-0.39, 0.29) is 0 Å². The van der Waals surface area contributed by atoms with Crippen LogP contribution in [0.1, 0.15) is 10.4 Å². The Balaban J connectivity index is 2.66. The molecule has 2 aromatic rings. The highest BCUT2D eigenvalue weighted by molar-refractivity contribution is 9.10. The topological polar surface area (TPSA) is 35.5 Å². The maximum atomic E-state index is 11.9. The summed E-state index contributed by atoms with van der Waals surface area (Å²) in [5.74, 6) is 0.289. The summed E-state index contributed by atoms with van der Waals surface area (Å²) in [6.07, 6.45) is 0. The molecule has 0 atom stereocenters. The molecular formula is C15H12BrClO3. The molecule has 0 aromatic heterocycles. The van der Waals surface area contributed by atoms with Crippen LogP contribution in [-0.2, 0) is 4.74 Å². The third-order valence-corrected chi connectivity index (χ3v) is 3.84. The predicted molar refractivity (Wildman–Crippen MR) is 82.5 cm³/mol. The number of carbonyl (C=O) groups excluding carboxylic acids is 1. The van der Waals surface area contributed by atoms with Crippen molar-refractivity contribution < 1.29 is 14.3 Å². The fraction of sp³-hybridized carbons (Fsp3) is 0.133. The first-order valence-electron chi connectivity index (χ1n) is 5.79. The fourth-order valence-corrected chi connectivity index (χ4v) is 2.74. The average molecular weight is 356 g/mol. The monoisotopic (exact) mass is 354 g/mol. The summed E-state index contributed by atoms with van der Waals surface area (Å²) in [6, 6.07) is 10.6. The van der Waals surface area contributed by atoms with Gasteiger partial charge in [-0.3, -0.25) is 0 Å². The molecule has 0 fully saturated rings. The molecule has 0 radical (unpaired) electrons. The zero-order valence-electron chi connectivity index (χ0n) is 10.9. The quantitative estimate of drug-likeness (QED) is 0.757. The van der Waals surface area contributed by atoms with Gasteiger partial charge in [0.05, 0.1) is 19.8 Å². The van der Waals surface area contributed by atoms with Crippen molar-refractivity contribution in [3.63, 3.8) is 0 Å². The van der Waals surface area contributed by atoms with E-state index in [1.807, 2.05) is 18.2 Å². The summed E-state index contributed by atoms with van der Waals surface area (Å²) in [7, 11) is 2.94. The number of methoxy groups -OCH3 is 2. The van der Waals surface area contributed by atoms with Crippen LogP contribution in [0.3, 0.4) is 0 Å². The largest absolute Gasteiger partial charge is 0.497 e. The van der Waals surface area contributed by atoms with Crippen LogP contribution in [0, 0.1) is 0 Å². The van der Waals surface area contributed by atoms with Gasteiger partial charge in [0.1, 0.15) is 5.75 Å². The first-order chi connectivity index (χ1) is 9.58. The number of benzene rings is 2. The van der Waals surface area contributed by atoms with Crippen LogP contribution in [0.15, 0.2) is 40.9 Å². The lowest BCUT2D eigenvalue weighted by molar-refractivity contribution is 0.0601. The van der Waals surface area contributed by atoms with Crippen LogP contribution in [-0.4, -0.2) is 20.2 Å². The molecule has 104 valence electrons. The van der Waals surface area contributed by atoms with Gasteiger partial charge in [0.25, 0.3) is 0 Å². The number of hydrogen-bond donors (Lipinski definition) is 0. The first kappa shape index (κ1) is 14.9. The Bertz CT molecular complexity index is 656. The maximum Gasteiger partial charge on any atom is 0.338 e. The Labute approximate surface area is 130 Å². The average Bonchev–Trinajstić information content (AvgIpc) is 2.46. The smallest absolute Gasteiger partial charge is 0.338 e. The van der Waals surface area contributed by atoms with Crippen LogP contribution in [0.25, 0.3) is 11.1 Å². The fourth-order valence-electron chi connectivity index (χ4n) is 1.90. The van der Waals surface area contributed by atoms with E-state index in [4.69, 9.17) is 21.1 Å². The summed E-state index contributed by atoms with van der Waals surface area (Å²) in [6.45, 7) is 0. The SMILES string of the molecule is COC(=O)c1cccc(Cl)c1-c1ccc(OC)cc1Br. The van der Waals surface area contributed by atoms with Gasteiger partial charge in [-0.1, -0.05) is 33.6 Å². The van der Waals surface area contributed by atoms with E-state index in [9.17, 15) is 4.79 Å². The summed E-state index contributed by atoms with van der Waals surface area (Å²) >= 11 is 9.72. The number of halogens is 2. The van der Waals surface area contributed by atoms with Crippen molar-refractivity contribution in [2.24, 2.45) is 0 Å². The molecule has 0 bridgehead atoms. The van der Waals surface area contributed by atoms with Gasteiger partial charge in [-0.15, -0.1) is 0 Å². The van der Waals surface area contributed by atoms with Gasteiger partial charge in [-0.05, 0) is 35.9 Å². The lowest BCUT2D eigenvalue weighted by Gasteiger charge is -2.12. The van der Waals surface area contributed by atoms with Crippen molar-refractivity contribution >= 4 is 33.5 Å². The van der Waals surface area contributed by atoms with E-state index in [1.54, 1.807) is 25.3 Å². The van der Waals surface area contributed by atoms with Gasteiger partial charge in [-0.25, -0.2) is 4.79 Å². The molecule has 0 aliphatic rings. The minimum absolute atomic E-state index is 0.422.